The SMILES string of the molecule is CC(C)(C)OC(=O)N1C2CCC(CC2)[C@H]1C(=O)N[C@H](C#N)Cc1ccc(-c2ccc(S(N)(=O)=O)cc2)cc1. The molecule has 0 spiro atoms. The molecular formula is C28H34N4O5S. The van der Waals surface area contributed by atoms with Gasteiger partial charge in [0.15, 0.2) is 0 Å². The lowest BCUT2D eigenvalue weighted by Gasteiger charge is -2.50. The Morgan fingerprint density at radius 2 is 1.61 bits per heavy atom. The van der Waals surface area contributed by atoms with Crippen molar-refractivity contribution in [3.63, 3.8) is 0 Å². The number of primary sulfonamides is 1. The molecule has 1 aliphatic carbocycles. The molecule has 2 heterocycles. The van der Waals surface area contributed by atoms with Crippen molar-refractivity contribution in [3.8, 4) is 17.2 Å². The highest BCUT2D eigenvalue weighted by Gasteiger charge is 2.49. The number of sulfonamides is 1. The van der Waals surface area contributed by atoms with Crippen molar-refractivity contribution in [2.24, 2.45) is 11.1 Å². The molecule has 2 aromatic carbocycles. The maximum atomic E-state index is 13.4. The van der Waals surface area contributed by atoms with Crippen LogP contribution in [0.4, 0.5) is 4.79 Å². The minimum Gasteiger partial charge on any atom is -0.444 e. The molecule has 2 bridgehead atoms. The van der Waals surface area contributed by atoms with E-state index in [-0.39, 0.29) is 22.8 Å². The van der Waals surface area contributed by atoms with Gasteiger partial charge in [-0.05, 0) is 81.2 Å². The smallest absolute Gasteiger partial charge is 0.411 e. The van der Waals surface area contributed by atoms with E-state index in [4.69, 9.17) is 9.88 Å². The highest BCUT2D eigenvalue weighted by Crippen LogP contribution is 2.40. The number of fused-ring (bicyclic) bond motifs is 3. The number of nitrogens with zero attached hydrogens (tertiary/aromatic N) is 2. The van der Waals surface area contributed by atoms with Crippen LogP contribution in [0.5, 0.6) is 0 Å². The summed E-state index contributed by atoms with van der Waals surface area (Å²) < 4.78 is 28.6. The lowest BCUT2D eigenvalue weighted by molar-refractivity contribution is -0.135. The van der Waals surface area contributed by atoms with Gasteiger partial charge in [-0.25, -0.2) is 18.4 Å². The van der Waals surface area contributed by atoms with Crippen LogP contribution in [0, 0.1) is 17.2 Å². The van der Waals surface area contributed by atoms with Gasteiger partial charge < -0.3 is 10.1 Å². The number of ether oxygens (including phenoxy) is 1. The molecule has 3 N–H and O–H groups in total. The van der Waals surface area contributed by atoms with Crippen molar-refractivity contribution in [2.45, 2.75) is 81.5 Å². The number of rotatable bonds is 6. The second-order valence-electron chi connectivity index (χ2n) is 11.1. The van der Waals surface area contributed by atoms with Gasteiger partial charge in [0.05, 0.1) is 11.0 Å². The van der Waals surface area contributed by atoms with Crippen molar-refractivity contribution in [2.75, 3.05) is 0 Å². The van der Waals surface area contributed by atoms with E-state index in [0.29, 0.717) is 6.42 Å². The van der Waals surface area contributed by atoms with Crippen LogP contribution in [0.3, 0.4) is 0 Å². The molecule has 2 amide bonds. The van der Waals surface area contributed by atoms with Crippen LogP contribution in [0.25, 0.3) is 11.1 Å². The molecule has 2 aliphatic heterocycles. The van der Waals surface area contributed by atoms with Crippen LogP contribution in [0.1, 0.15) is 52.0 Å². The van der Waals surface area contributed by atoms with Crippen molar-refractivity contribution >= 4 is 22.0 Å². The molecule has 9 nitrogen and oxygen atoms in total. The van der Waals surface area contributed by atoms with Gasteiger partial charge in [0.25, 0.3) is 0 Å². The highest BCUT2D eigenvalue weighted by molar-refractivity contribution is 7.89. The zero-order chi connectivity index (χ0) is 27.7. The van der Waals surface area contributed by atoms with Crippen LogP contribution < -0.4 is 10.5 Å². The Morgan fingerprint density at radius 1 is 1.05 bits per heavy atom. The summed E-state index contributed by atoms with van der Waals surface area (Å²) in [6.45, 7) is 5.41. The van der Waals surface area contributed by atoms with Crippen LogP contribution >= 0.6 is 0 Å². The number of benzene rings is 2. The molecule has 38 heavy (non-hydrogen) atoms. The Bertz CT molecular complexity index is 1320. The number of carbonyl (C=O) groups is 2. The first kappa shape index (κ1) is 27.6. The fourth-order valence-electron chi connectivity index (χ4n) is 5.36. The number of nitrogens with one attached hydrogen (secondary N) is 1. The van der Waals surface area contributed by atoms with Crippen LogP contribution in [0.2, 0.25) is 0 Å². The first-order chi connectivity index (χ1) is 17.9. The van der Waals surface area contributed by atoms with E-state index in [1.54, 1.807) is 37.8 Å². The van der Waals surface area contributed by atoms with Gasteiger partial charge in [-0.1, -0.05) is 36.4 Å². The van der Waals surface area contributed by atoms with E-state index in [2.05, 4.69) is 11.4 Å². The van der Waals surface area contributed by atoms with E-state index in [9.17, 15) is 23.3 Å². The first-order valence-corrected chi connectivity index (χ1v) is 14.3. The predicted molar refractivity (Wildman–Crippen MR) is 142 cm³/mol. The van der Waals surface area contributed by atoms with E-state index < -0.39 is 33.8 Å². The minimum atomic E-state index is -3.76. The van der Waals surface area contributed by atoms with Crippen LogP contribution in [-0.4, -0.2) is 49.0 Å². The summed E-state index contributed by atoms with van der Waals surface area (Å²) in [4.78, 5) is 28.0. The Morgan fingerprint density at radius 3 is 2.11 bits per heavy atom. The Labute approximate surface area is 224 Å². The summed E-state index contributed by atoms with van der Waals surface area (Å²) in [6.07, 6.45) is 3.28. The van der Waals surface area contributed by atoms with E-state index >= 15 is 0 Å². The maximum Gasteiger partial charge on any atom is 0.411 e. The molecule has 10 heteroatoms. The molecule has 2 saturated heterocycles. The number of hydrogen-bond acceptors (Lipinski definition) is 6. The van der Waals surface area contributed by atoms with Gasteiger partial charge in [0.2, 0.25) is 15.9 Å². The van der Waals surface area contributed by atoms with Crippen molar-refractivity contribution in [1.82, 2.24) is 10.2 Å². The molecule has 3 aliphatic rings. The molecule has 1 saturated carbocycles. The molecule has 2 atom stereocenters. The quantitative estimate of drug-likeness (QED) is 0.574. The monoisotopic (exact) mass is 538 g/mol. The summed E-state index contributed by atoms with van der Waals surface area (Å²) in [7, 11) is -3.76. The highest BCUT2D eigenvalue weighted by atomic mass is 32.2. The summed E-state index contributed by atoms with van der Waals surface area (Å²) in [5.74, 6) is -0.268. The number of carbonyl (C=O) groups excluding carboxylic acids is 2. The van der Waals surface area contributed by atoms with E-state index in [0.717, 1.165) is 42.4 Å². The number of nitrogens with two attached hydrogens (primary N) is 1. The van der Waals surface area contributed by atoms with Crippen LogP contribution in [-0.2, 0) is 26.0 Å². The standard InChI is InChI=1S/C28H34N4O5S/c1-28(2,3)37-27(34)32-23-12-8-21(9-13-23)25(32)26(33)31-22(17-29)16-18-4-6-19(7-5-18)20-10-14-24(15-11-20)38(30,35)36/h4-7,10-11,14-15,21-23,25H,8-9,12-13,16H2,1-3H3,(H,31,33)(H2,30,35,36)/t21?,22-,23?,25-/m0/s1. The average molecular weight is 539 g/mol. The Hall–Kier alpha value is -3.42. The van der Waals surface area contributed by atoms with Gasteiger partial charge >= 0.3 is 6.09 Å². The average Bonchev–Trinajstić information content (AvgIpc) is 2.87. The molecule has 0 radical (unpaired) electrons. The normalized spacial score (nSPS) is 21.9. The molecular weight excluding hydrogens is 504 g/mol. The van der Waals surface area contributed by atoms with E-state index in [1.165, 1.54) is 12.1 Å². The van der Waals surface area contributed by atoms with Crippen LogP contribution in [0.15, 0.2) is 53.4 Å². The third-order valence-electron chi connectivity index (χ3n) is 7.14. The van der Waals surface area contributed by atoms with Gasteiger partial charge in [-0.2, -0.15) is 5.26 Å². The van der Waals surface area contributed by atoms with Gasteiger partial charge in [0.1, 0.15) is 17.7 Å². The molecule has 0 aromatic heterocycles. The molecule has 2 aromatic rings. The second kappa shape index (κ2) is 10.8. The van der Waals surface area contributed by atoms with Gasteiger partial charge in [0, 0.05) is 12.5 Å². The van der Waals surface area contributed by atoms with Crippen molar-refractivity contribution in [1.29, 1.82) is 5.26 Å². The topological polar surface area (TPSA) is 143 Å². The molecule has 202 valence electrons. The van der Waals surface area contributed by atoms with E-state index in [1.807, 2.05) is 24.3 Å². The van der Waals surface area contributed by atoms with Crippen molar-refractivity contribution < 1.29 is 22.7 Å². The second-order valence-corrected chi connectivity index (χ2v) is 12.6. The lowest BCUT2D eigenvalue weighted by Crippen LogP contribution is -2.64. The summed E-state index contributed by atoms with van der Waals surface area (Å²) in [5, 5.41) is 17.8. The first-order valence-electron chi connectivity index (χ1n) is 12.8. The molecule has 3 fully saturated rings. The fraction of sp³-hybridized carbons (Fsp3) is 0.464. The molecule has 0 unspecified atom stereocenters. The third-order valence-corrected chi connectivity index (χ3v) is 8.07. The number of nitriles is 1. The Balaban J connectivity index is 1.43. The zero-order valence-corrected chi connectivity index (χ0v) is 22.7. The number of hydrogen-bond donors (Lipinski definition) is 2. The minimum absolute atomic E-state index is 0.0299. The maximum absolute atomic E-state index is 13.4. The van der Waals surface area contributed by atoms with Crippen molar-refractivity contribution in [3.05, 3.63) is 54.1 Å². The summed E-state index contributed by atoms with van der Waals surface area (Å²) >= 11 is 0. The van der Waals surface area contributed by atoms with Gasteiger partial charge in [-0.15, -0.1) is 0 Å². The zero-order valence-electron chi connectivity index (χ0n) is 21.9. The number of amides is 2. The fourth-order valence-corrected chi connectivity index (χ4v) is 5.87. The summed E-state index contributed by atoms with van der Waals surface area (Å²) in [6, 6.07) is 14.5. The Kier molecular flexibility index (Phi) is 7.81. The number of piperidine rings is 2. The summed E-state index contributed by atoms with van der Waals surface area (Å²) in [5.41, 5.74) is 1.89. The molecule has 5 rings (SSSR count). The largest absolute Gasteiger partial charge is 0.444 e. The third kappa shape index (κ3) is 6.34. The van der Waals surface area contributed by atoms with Gasteiger partial charge in [-0.3, -0.25) is 9.69 Å². The predicted octanol–water partition coefficient (Wildman–Crippen LogP) is 3.73. The lowest BCUT2D eigenvalue weighted by atomic mass is 9.74.